The molecular weight excluding hydrogens is 356 g/mol. The largest absolute Gasteiger partial charge is 0.478 e. The fourth-order valence-corrected chi connectivity index (χ4v) is 5.51. The molecule has 4 rings (SSSR count). The zero-order valence-electron chi connectivity index (χ0n) is 15.6. The summed E-state index contributed by atoms with van der Waals surface area (Å²) in [4.78, 5) is 14.3. The zero-order chi connectivity index (χ0) is 19.2. The third-order valence-corrected chi connectivity index (χ3v) is 6.87. The maximum absolute atomic E-state index is 12.2. The molecule has 140 valence electrons. The number of thiophene rings is 1. The number of aryl methyl sites for hydroxylation is 1. The fourth-order valence-electron chi connectivity index (χ4n) is 4.16. The summed E-state index contributed by atoms with van der Waals surface area (Å²) in [6, 6.07) is 12.2. The quantitative estimate of drug-likeness (QED) is 0.451. The minimum absolute atomic E-state index is 0.147. The van der Waals surface area contributed by atoms with Crippen molar-refractivity contribution in [2.45, 2.75) is 39.7 Å². The molecule has 27 heavy (non-hydrogen) atoms. The average Bonchev–Trinajstić information content (AvgIpc) is 2.99. The molecule has 0 aliphatic heterocycles. The van der Waals surface area contributed by atoms with Crippen LogP contribution in [-0.4, -0.2) is 11.1 Å². The van der Waals surface area contributed by atoms with Crippen molar-refractivity contribution in [3.63, 3.8) is 0 Å². The molecular formula is C22H24N2O2S. The number of fused-ring (bicyclic) bond motifs is 2. The van der Waals surface area contributed by atoms with Gasteiger partial charge in [0.1, 0.15) is 0 Å². The van der Waals surface area contributed by atoms with Crippen molar-refractivity contribution in [2.75, 3.05) is 0 Å². The second-order valence-electron chi connectivity index (χ2n) is 8.05. The molecule has 0 radical (unpaired) electrons. The lowest BCUT2D eigenvalue weighted by molar-refractivity contribution is 0.0696. The Labute approximate surface area is 163 Å². The van der Waals surface area contributed by atoms with Gasteiger partial charge in [0.05, 0.1) is 5.56 Å². The highest BCUT2D eigenvalue weighted by molar-refractivity contribution is 7.16. The van der Waals surface area contributed by atoms with Crippen molar-refractivity contribution in [3.8, 4) is 10.4 Å². The molecule has 5 heteroatoms. The average molecular weight is 381 g/mol. The number of carboxylic acid groups (broad SMARTS) is 1. The van der Waals surface area contributed by atoms with E-state index in [0.717, 1.165) is 51.6 Å². The van der Waals surface area contributed by atoms with Crippen molar-refractivity contribution in [3.05, 3.63) is 58.0 Å². The number of carbonyl (C=O) groups is 1. The van der Waals surface area contributed by atoms with Gasteiger partial charge < -0.3 is 5.11 Å². The van der Waals surface area contributed by atoms with Gasteiger partial charge in [0, 0.05) is 21.9 Å². The SMILES string of the molecule is CC1(C)CCc2sc(-c3ccc(CNN)c4ccccc34)c(C(=O)O)c2C1. The number of hydrogen-bond donors (Lipinski definition) is 3. The zero-order valence-corrected chi connectivity index (χ0v) is 16.5. The van der Waals surface area contributed by atoms with Crippen LogP contribution in [0.15, 0.2) is 36.4 Å². The number of hydrazine groups is 1. The van der Waals surface area contributed by atoms with Gasteiger partial charge in [-0.2, -0.15) is 0 Å². The summed E-state index contributed by atoms with van der Waals surface area (Å²) in [5.41, 5.74) is 6.51. The van der Waals surface area contributed by atoms with E-state index < -0.39 is 5.97 Å². The van der Waals surface area contributed by atoms with E-state index in [1.165, 1.54) is 4.88 Å². The first-order valence-electron chi connectivity index (χ1n) is 9.23. The van der Waals surface area contributed by atoms with E-state index in [9.17, 15) is 9.90 Å². The lowest BCUT2D eigenvalue weighted by atomic mass is 9.76. The summed E-state index contributed by atoms with van der Waals surface area (Å²) in [6.07, 6.45) is 2.88. The van der Waals surface area contributed by atoms with Gasteiger partial charge in [0.15, 0.2) is 0 Å². The topological polar surface area (TPSA) is 75.3 Å². The van der Waals surface area contributed by atoms with Crippen LogP contribution in [0.3, 0.4) is 0 Å². The Morgan fingerprint density at radius 3 is 2.67 bits per heavy atom. The van der Waals surface area contributed by atoms with E-state index in [4.69, 9.17) is 5.84 Å². The first-order chi connectivity index (χ1) is 12.9. The Balaban J connectivity index is 1.96. The lowest BCUT2D eigenvalue weighted by Gasteiger charge is -2.29. The van der Waals surface area contributed by atoms with Gasteiger partial charge in [0.2, 0.25) is 0 Å². The number of benzene rings is 2. The molecule has 0 spiro atoms. The van der Waals surface area contributed by atoms with Crippen LogP contribution in [0, 0.1) is 5.41 Å². The highest BCUT2D eigenvalue weighted by Crippen LogP contribution is 2.46. The molecule has 1 heterocycles. The summed E-state index contributed by atoms with van der Waals surface area (Å²) in [5, 5.41) is 12.2. The van der Waals surface area contributed by atoms with E-state index in [-0.39, 0.29) is 5.41 Å². The van der Waals surface area contributed by atoms with E-state index in [1.807, 2.05) is 24.3 Å². The molecule has 0 amide bonds. The molecule has 2 aromatic carbocycles. The molecule has 3 aromatic rings. The molecule has 0 unspecified atom stereocenters. The van der Waals surface area contributed by atoms with Crippen LogP contribution in [-0.2, 0) is 19.4 Å². The van der Waals surface area contributed by atoms with Crippen LogP contribution < -0.4 is 11.3 Å². The second kappa shape index (κ2) is 6.75. The van der Waals surface area contributed by atoms with Crippen molar-refractivity contribution in [1.29, 1.82) is 0 Å². The Morgan fingerprint density at radius 2 is 1.96 bits per heavy atom. The monoisotopic (exact) mass is 380 g/mol. The number of nitrogens with one attached hydrogen (secondary N) is 1. The van der Waals surface area contributed by atoms with Crippen LogP contribution in [0.5, 0.6) is 0 Å². The summed E-state index contributed by atoms with van der Waals surface area (Å²) >= 11 is 1.66. The van der Waals surface area contributed by atoms with Crippen LogP contribution in [0.4, 0.5) is 0 Å². The Hall–Kier alpha value is -2.21. The molecule has 0 fully saturated rings. The maximum Gasteiger partial charge on any atom is 0.337 e. The molecule has 0 atom stereocenters. The van der Waals surface area contributed by atoms with Crippen LogP contribution >= 0.6 is 11.3 Å². The van der Waals surface area contributed by atoms with Crippen molar-refractivity contribution in [1.82, 2.24) is 5.43 Å². The van der Waals surface area contributed by atoms with Gasteiger partial charge in [-0.15, -0.1) is 11.3 Å². The van der Waals surface area contributed by atoms with Gasteiger partial charge in [-0.05, 0) is 46.6 Å². The molecule has 1 aliphatic carbocycles. The molecule has 4 nitrogen and oxygen atoms in total. The van der Waals surface area contributed by atoms with Gasteiger partial charge in [-0.1, -0.05) is 50.2 Å². The van der Waals surface area contributed by atoms with E-state index in [2.05, 4.69) is 31.4 Å². The molecule has 0 bridgehead atoms. The minimum Gasteiger partial charge on any atom is -0.478 e. The van der Waals surface area contributed by atoms with Crippen molar-refractivity contribution in [2.24, 2.45) is 11.3 Å². The van der Waals surface area contributed by atoms with E-state index >= 15 is 0 Å². The van der Waals surface area contributed by atoms with Gasteiger partial charge in [-0.25, -0.2) is 4.79 Å². The van der Waals surface area contributed by atoms with E-state index in [1.54, 1.807) is 11.3 Å². The van der Waals surface area contributed by atoms with Crippen LogP contribution in [0.2, 0.25) is 0 Å². The van der Waals surface area contributed by atoms with Gasteiger partial charge in [0.25, 0.3) is 0 Å². The van der Waals surface area contributed by atoms with Gasteiger partial charge in [-0.3, -0.25) is 11.3 Å². The predicted molar refractivity (Wildman–Crippen MR) is 111 cm³/mol. The third-order valence-electron chi connectivity index (χ3n) is 5.54. The van der Waals surface area contributed by atoms with Crippen molar-refractivity contribution >= 4 is 28.1 Å². The minimum atomic E-state index is -0.822. The first kappa shape index (κ1) is 18.2. The molecule has 0 saturated heterocycles. The summed E-state index contributed by atoms with van der Waals surface area (Å²) in [5.74, 6) is 4.71. The van der Waals surface area contributed by atoms with Gasteiger partial charge >= 0.3 is 5.97 Å². The second-order valence-corrected chi connectivity index (χ2v) is 9.16. The summed E-state index contributed by atoms with van der Waals surface area (Å²) in [7, 11) is 0. The Bertz CT molecular complexity index is 1040. The number of hydrogen-bond acceptors (Lipinski definition) is 4. The number of rotatable bonds is 4. The highest BCUT2D eigenvalue weighted by Gasteiger charge is 2.33. The normalized spacial score (nSPS) is 15.7. The molecule has 4 N–H and O–H groups in total. The summed E-state index contributed by atoms with van der Waals surface area (Å²) < 4.78 is 0. The molecule has 1 aliphatic rings. The Morgan fingerprint density at radius 1 is 1.22 bits per heavy atom. The van der Waals surface area contributed by atoms with E-state index in [0.29, 0.717) is 12.1 Å². The number of aromatic carboxylic acids is 1. The predicted octanol–water partition coefficient (Wildman–Crippen LogP) is 4.74. The highest BCUT2D eigenvalue weighted by atomic mass is 32.1. The standard InChI is InChI=1S/C22H24N2O2S/c1-22(2)10-9-18-17(11-22)19(21(25)26)20(27-18)16-8-7-13(12-24-23)14-5-3-4-6-15(14)16/h3-8,24H,9-12,23H2,1-2H3,(H,25,26). The summed E-state index contributed by atoms with van der Waals surface area (Å²) in [6.45, 7) is 5.02. The number of nitrogens with two attached hydrogens (primary N) is 1. The van der Waals surface area contributed by atoms with Crippen LogP contribution in [0.25, 0.3) is 21.2 Å². The third kappa shape index (κ3) is 3.16. The lowest BCUT2D eigenvalue weighted by Crippen LogP contribution is -2.22. The smallest absolute Gasteiger partial charge is 0.337 e. The maximum atomic E-state index is 12.2. The first-order valence-corrected chi connectivity index (χ1v) is 10.1. The Kier molecular flexibility index (Phi) is 4.54. The fraction of sp³-hybridized carbons (Fsp3) is 0.318. The molecule has 0 saturated carbocycles. The van der Waals surface area contributed by atoms with Crippen LogP contribution in [0.1, 0.15) is 46.6 Å². The van der Waals surface area contributed by atoms with Crippen molar-refractivity contribution < 1.29 is 9.90 Å². The number of carboxylic acids is 1. The molecule has 1 aromatic heterocycles.